The van der Waals surface area contributed by atoms with E-state index in [1.165, 1.54) is 60.9 Å². The summed E-state index contributed by atoms with van der Waals surface area (Å²) in [7, 11) is 0. The summed E-state index contributed by atoms with van der Waals surface area (Å²) in [6.07, 6.45) is 0. The molecule has 0 bridgehead atoms. The van der Waals surface area contributed by atoms with Gasteiger partial charge in [0.25, 0.3) is 0 Å². The van der Waals surface area contributed by atoms with Crippen LogP contribution in [0.15, 0.2) is 206 Å². The van der Waals surface area contributed by atoms with Crippen molar-refractivity contribution in [3.8, 4) is 67.3 Å². The first-order valence-corrected chi connectivity index (χ1v) is 20.1. The molecule has 0 N–H and O–H groups in total. The van der Waals surface area contributed by atoms with Crippen molar-refractivity contribution in [2.24, 2.45) is 0 Å². The van der Waals surface area contributed by atoms with Gasteiger partial charge in [-0.3, -0.25) is 0 Å². The van der Waals surface area contributed by atoms with Crippen molar-refractivity contribution in [1.82, 2.24) is 14.3 Å². The van der Waals surface area contributed by atoms with E-state index in [-0.39, 0.29) is 5.41 Å². The number of benzene rings is 8. The monoisotopic (exact) mass is 745 g/mol. The van der Waals surface area contributed by atoms with Crippen molar-refractivity contribution in [3.63, 3.8) is 0 Å². The Morgan fingerprint density at radius 3 is 1.50 bits per heavy atom. The zero-order valence-corrected chi connectivity index (χ0v) is 33.0. The van der Waals surface area contributed by atoms with E-state index in [0.29, 0.717) is 0 Å². The number of para-hydroxylation sites is 1. The molecule has 0 atom stereocenters. The summed E-state index contributed by atoms with van der Waals surface area (Å²) in [6, 6.07) is 74.2. The number of nitrogens with zero attached hydrogens (tertiary/aromatic N) is 3. The van der Waals surface area contributed by atoms with E-state index in [9.17, 15) is 0 Å². The summed E-state index contributed by atoms with van der Waals surface area (Å²) in [6.45, 7) is 6.87. The molecule has 2 heterocycles. The van der Waals surface area contributed by atoms with E-state index in [4.69, 9.17) is 5.10 Å². The Kier molecular flexibility index (Phi) is 8.72. The fourth-order valence-corrected chi connectivity index (χ4v) is 8.38. The molecule has 10 aromatic rings. The summed E-state index contributed by atoms with van der Waals surface area (Å²) in [5.74, 6) is 0. The summed E-state index contributed by atoms with van der Waals surface area (Å²) in [5, 5.41) is 7.66. The van der Waals surface area contributed by atoms with Crippen molar-refractivity contribution in [2.75, 3.05) is 0 Å². The van der Waals surface area contributed by atoms with Gasteiger partial charge < -0.3 is 4.57 Å². The zero-order valence-electron chi connectivity index (χ0n) is 33.0. The molecule has 3 nitrogen and oxygen atoms in total. The molecule has 8 aromatic carbocycles. The Morgan fingerprint density at radius 2 is 0.879 bits per heavy atom. The third kappa shape index (κ3) is 6.31. The van der Waals surface area contributed by atoms with Gasteiger partial charge in [0.1, 0.15) is 0 Å². The van der Waals surface area contributed by atoms with Gasteiger partial charge in [-0.1, -0.05) is 172 Å². The van der Waals surface area contributed by atoms with Crippen LogP contribution in [0.1, 0.15) is 26.3 Å². The van der Waals surface area contributed by atoms with E-state index < -0.39 is 0 Å². The second-order valence-corrected chi connectivity index (χ2v) is 16.1. The van der Waals surface area contributed by atoms with Crippen LogP contribution < -0.4 is 0 Å². The number of hydrogen-bond acceptors (Lipinski definition) is 1. The van der Waals surface area contributed by atoms with Crippen molar-refractivity contribution >= 4 is 21.8 Å². The molecule has 0 aliphatic rings. The minimum atomic E-state index is 0.0369. The van der Waals surface area contributed by atoms with Crippen LogP contribution in [0.3, 0.4) is 0 Å². The highest BCUT2D eigenvalue weighted by Gasteiger charge is 2.20. The summed E-state index contributed by atoms with van der Waals surface area (Å²) >= 11 is 0. The zero-order chi connectivity index (χ0) is 39.2. The van der Waals surface area contributed by atoms with Crippen LogP contribution in [0, 0.1) is 0 Å². The summed E-state index contributed by atoms with van der Waals surface area (Å²) in [4.78, 5) is 0. The molecule has 2 aromatic heterocycles. The van der Waals surface area contributed by atoms with Crippen LogP contribution in [-0.4, -0.2) is 14.3 Å². The molecular weight excluding hydrogens is 703 g/mol. The predicted octanol–water partition coefficient (Wildman–Crippen LogP) is 14.6. The minimum Gasteiger partial charge on any atom is -0.309 e. The highest BCUT2D eigenvalue weighted by molar-refractivity contribution is 6.11. The van der Waals surface area contributed by atoms with Gasteiger partial charge >= 0.3 is 0 Å². The standard InChI is InChI=1S/C55H43N3/c1-55(2,3)42-30-34-53-50(36-42)49-35-41(29-33-52(49)57(53)43-21-11-6-12-22-43)46-24-14-16-26-48(46)47-25-15-13-23-45(47)38-27-31-44(32-28-38)58-54(40-19-9-5-10-20-40)37-51(56-58)39-17-7-4-8-18-39/h4-37H,1-3H3. The Hall–Kier alpha value is -7.23. The maximum Gasteiger partial charge on any atom is 0.0934 e. The number of aromatic nitrogens is 3. The second-order valence-electron chi connectivity index (χ2n) is 16.1. The maximum absolute atomic E-state index is 5.13. The highest BCUT2D eigenvalue weighted by Crippen LogP contribution is 2.42. The van der Waals surface area contributed by atoms with Crippen LogP contribution in [0.2, 0.25) is 0 Å². The van der Waals surface area contributed by atoms with E-state index in [2.05, 4.69) is 230 Å². The van der Waals surface area contributed by atoms with Gasteiger partial charge in [-0.15, -0.1) is 0 Å². The Balaban J connectivity index is 1.07. The quantitative estimate of drug-likeness (QED) is 0.159. The Bertz CT molecular complexity index is 3060. The lowest BCUT2D eigenvalue weighted by Gasteiger charge is -2.19. The Morgan fingerprint density at radius 1 is 0.379 bits per heavy atom. The Labute approximate surface area is 340 Å². The third-order valence-corrected chi connectivity index (χ3v) is 11.4. The van der Waals surface area contributed by atoms with E-state index in [1.807, 2.05) is 6.07 Å². The SMILES string of the molecule is CC(C)(C)c1ccc2c(c1)c1cc(-c3ccccc3-c3ccccc3-c3ccc(-n4nc(-c5ccccc5)cc4-c4ccccc4)cc3)ccc1n2-c1ccccc1. The molecule has 278 valence electrons. The molecule has 0 aliphatic heterocycles. The topological polar surface area (TPSA) is 22.8 Å². The van der Waals surface area contributed by atoms with Gasteiger partial charge in [0.15, 0.2) is 0 Å². The molecule has 0 radical (unpaired) electrons. The van der Waals surface area contributed by atoms with E-state index >= 15 is 0 Å². The molecule has 10 rings (SSSR count). The van der Waals surface area contributed by atoms with Crippen LogP contribution in [0.4, 0.5) is 0 Å². The van der Waals surface area contributed by atoms with Gasteiger partial charge in [0.2, 0.25) is 0 Å². The summed E-state index contributed by atoms with van der Waals surface area (Å²) < 4.78 is 4.47. The predicted molar refractivity (Wildman–Crippen MR) is 244 cm³/mol. The first-order chi connectivity index (χ1) is 28.4. The lowest BCUT2D eigenvalue weighted by molar-refractivity contribution is 0.591. The van der Waals surface area contributed by atoms with E-state index in [1.54, 1.807) is 0 Å². The van der Waals surface area contributed by atoms with Crippen LogP contribution >= 0.6 is 0 Å². The van der Waals surface area contributed by atoms with Crippen molar-refractivity contribution < 1.29 is 0 Å². The maximum atomic E-state index is 5.13. The summed E-state index contributed by atoms with van der Waals surface area (Å²) in [5.41, 5.74) is 17.3. The number of rotatable bonds is 7. The van der Waals surface area contributed by atoms with Crippen molar-refractivity contribution in [2.45, 2.75) is 26.2 Å². The van der Waals surface area contributed by atoms with Crippen LogP contribution in [0.25, 0.3) is 89.1 Å². The minimum absolute atomic E-state index is 0.0369. The van der Waals surface area contributed by atoms with Crippen molar-refractivity contribution in [3.05, 3.63) is 212 Å². The molecular formula is C55H43N3. The molecule has 0 unspecified atom stereocenters. The van der Waals surface area contributed by atoms with Gasteiger partial charge in [-0.05, 0) is 99.0 Å². The fourth-order valence-electron chi connectivity index (χ4n) is 8.38. The highest BCUT2D eigenvalue weighted by atomic mass is 15.3. The molecule has 3 heteroatoms. The molecule has 58 heavy (non-hydrogen) atoms. The van der Waals surface area contributed by atoms with Crippen LogP contribution in [-0.2, 0) is 5.41 Å². The van der Waals surface area contributed by atoms with Gasteiger partial charge in [-0.25, -0.2) is 4.68 Å². The van der Waals surface area contributed by atoms with E-state index in [0.717, 1.165) is 33.8 Å². The van der Waals surface area contributed by atoms with Gasteiger partial charge in [0, 0.05) is 27.6 Å². The lowest BCUT2D eigenvalue weighted by atomic mass is 9.86. The first kappa shape index (κ1) is 35.2. The normalized spacial score (nSPS) is 11.7. The smallest absolute Gasteiger partial charge is 0.0934 e. The average Bonchev–Trinajstić information content (AvgIpc) is 3.87. The molecule has 0 saturated carbocycles. The number of hydrogen-bond donors (Lipinski definition) is 0. The third-order valence-electron chi connectivity index (χ3n) is 11.4. The molecule has 0 fully saturated rings. The second kappa shape index (κ2) is 14.4. The van der Waals surface area contributed by atoms with Gasteiger partial charge in [-0.2, -0.15) is 5.10 Å². The molecule has 0 aliphatic carbocycles. The lowest BCUT2D eigenvalue weighted by Crippen LogP contribution is -2.10. The fraction of sp³-hybridized carbons (Fsp3) is 0.0727. The largest absolute Gasteiger partial charge is 0.309 e. The van der Waals surface area contributed by atoms with Crippen LogP contribution in [0.5, 0.6) is 0 Å². The average molecular weight is 746 g/mol. The number of fused-ring (bicyclic) bond motifs is 3. The molecule has 0 saturated heterocycles. The van der Waals surface area contributed by atoms with Crippen molar-refractivity contribution in [1.29, 1.82) is 0 Å². The van der Waals surface area contributed by atoms with Gasteiger partial charge in [0.05, 0.1) is 28.1 Å². The molecule has 0 amide bonds. The first-order valence-electron chi connectivity index (χ1n) is 20.1. The molecule has 0 spiro atoms.